The second kappa shape index (κ2) is 5.06. The van der Waals surface area contributed by atoms with Crippen molar-refractivity contribution in [3.05, 3.63) is 59.7 Å². The maximum absolute atomic E-state index is 13.6. The van der Waals surface area contributed by atoms with Gasteiger partial charge in [0, 0.05) is 13.1 Å². The average molecular weight is 262 g/mol. The number of carbonyl (C=O) groups is 1. The van der Waals surface area contributed by atoms with Crippen molar-refractivity contribution in [1.29, 1.82) is 0 Å². The Morgan fingerprint density at radius 3 is 2.47 bits per heavy atom. The molecule has 0 atom stereocenters. The quantitative estimate of drug-likeness (QED) is 0.846. The van der Waals surface area contributed by atoms with Gasteiger partial charge in [-0.2, -0.15) is 0 Å². The Kier molecular flexibility index (Phi) is 3.46. The van der Waals surface area contributed by atoms with Gasteiger partial charge in [0.15, 0.2) is 0 Å². The van der Waals surface area contributed by atoms with Crippen LogP contribution in [-0.2, 0) is 0 Å². The molecule has 0 spiro atoms. The number of nitrogens with two attached hydrogens (primary N) is 1. The first-order valence-corrected chi connectivity index (χ1v) is 5.58. The van der Waals surface area contributed by atoms with Crippen LogP contribution in [-0.4, -0.2) is 13.0 Å². The fourth-order valence-corrected chi connectivity index (χ4v) is 1.75. The van der Waals surface area contributed by atoms with Crippen LogP contribution in [0.1, 0.15) is 10.4 Å². The van der Waals surface area contributed by atoms with Crippen LogP contribution in [0.15, 0.2) is 42.5 Å². The molecule has 19 heavy (non-hydrogen) atoms. The van der Waals surface area contributed by atoms with Gasteiger partial charge in [0.2, 0.25) is 0 Å². The number of hydrogen-bond acceptors (Lipinski definition) is 2. The molecule has 0 saturated heterocycles. The second-order valence-electron chi connectivity index (χ2n) is 4.05. The molecule has 0 aliphatic heterocycles. The van der Waals surface area contributed by atoms with Crippen molar-refractivity contribution in [2.75, 3.05) is 17.7 Å². The molecular formula is C14H12F2N2O. The highest BCUT2D eigenvalue weighted by atomic mass is 19.1. The van der Waals surface area contributed by atoms with Crippen LogP contribution in [0.3, 0.4) is 0 Å². The number of halogens is 2. The minimum absolute atomic E-state index is 0.202. The van der Waals surface area contributed by atoms with Crippen LogP contribution in [0.25, 0.3) is 0 Å². The van der Waals surface area contributed by atoms with Gasteiger partial charge in [0.1, 0.15) is 11.6 Å². The average Bonchev–Trinajstić information content (AvgIpc) is 2.38. The number of benzene rings is 2. The molecule has 1 amide bonds. The van der Waals surface area contributed by atoms with E-state index in [1.807, 2.05) is 0 Å². The summed E-state index contributed by atoms with van der Waals surface area (Å²) in [6.07, 6.45) is 0. The number of para-hydroxylation sites is 2. The lowest BCUT2D eigenvalue weighted by atomic mass is 10.1. The second-order valence-corrected chi connectivity index (χ2v) is 4.05. The van der Waals surface area contributed by atoms with Crippen LogP contribution < -0.4 is 10.6 Å². The first-order chi connectivity index (χ1) is 9.00. The molecule has 0 unspecified atom stereocenters. The first-order valence-electron chi connectivity index (χ1n) is 5.58. The maximum atomic E-state index is 13.6. The Hall–Kier alpha value is -2.43. The summed E-state index contributed by atoms with van der Waals surface area (Å²) in [4.78, 5) is 13.4. The lowest BCUT2D eigenvalue weighted by Crippen LogP contribution is -2.27. The van der Waals surface area contributed by atoms with Crippen LogP contribution in [0.2, 0.25) is 0 Å². The van der Waals surface area contributed by atoms with Crippen molar-refractivity contribution in [3.8, 4) is 0 Å². The van der Waals surface area contributed by atoms with Gasteiger partial charge < -0.3 is 10.6 Å². The summed E-state index contributed by atoms with van der Waals surface area (Å²) in [5, 5.41) is 0. The molecular weight excluding hydrogens is 250 g/mol. The summed E-state index contributed by atoms with van der Waals surface area (Å²) < 4.78 is 26.4. The molecule has 0 aliphatic rings. The standard InChI is InChI=1S/C14H12F2N2O/c1-18(13-5-3-2-4-12(13)17)14(19)10-7-6-9(15)8-11(10)16/h2-8H,17H2,1H3. The van der Waals surface area contributed by atoms with Crippen molar-refractivity contribution in [2.24, 2.45) is 0 Å². The fourth-order valence-electron chi connectivity index (χ4n) is 1.75. The van der Waals surface area contributed by atoms with Gasteiger partial charge >= 0.3 is 0 Å². The Morgan fingerprint density at radius 2 is 1.84 bits per heavy atom. The van der Waals surface area contributed by atoms with E-state index in [9.17, 15) is 13.6 Å². The van der Waals surface area contributed by atoms with Crippen LogP contribution in [0.4, 0.5) is 20.2 Å². The number of hydrogen-bond donors (Lipinski definition) is 1. The van der Waals surface area contributed by atoms with Crippen molar-refractivity contribution < 1.29 is 13.6 Å². The molecule has 0 bridgehead atoms. The summed E-state index contributed by atoms with van der Waals surface area (Å²) in [5.41, 5.74) is 6.42. The van der Waals surface area contributed by atoms with Gasteiger partial charge in [0.05, 0.1) is 16.9 Å². The number of nitrogens with zero attached hydrogens (tertiary/aromatic N) is 1. The van der Waals surface area contributed by atoms with Crippen LogP contribution in [0, 0.1) is 11.6 Å². The first kappa shape index (κ1) is 13.0. The molecule has 0 aliphatic carbocycles. The number of nitrogen functional groups attached to an aromatic ring is 1. The predicted molar refractivity (Wildman–Crippen MR) is 69.9 cm³/mol. The van der Waals surface area contributed by atoms with Gasteiger partial charge in [-0.1, -0.05) is 12.1 Å². The summed E-state index contributed by atoms with van der Waals surface area (Å²) in [5.74, 6) is -2.21. The van der Waals surface area contributed by atoms with Gasteiger partial charge in [-0.05, 0) is 24.3 Å². The zero-order chi connectivity index (χ0) is 14.0. The molecule has 0 heterocycles. The SMILES string of the molecule is CN(C(=O)c1ccc(F)cc1F)c1ccccc1N. The maximum Gasteiger partial charge on any atom is 0.261 e. The van der Waals surface area contributed by atoms with Crippen molar-refractivity contribution in [3.63, 3.8) is 0 Å². The Balaban J connectivity index is 2.37. The summed E-state index contributed by atoms with van der Waals surface area (Å²) in [6.45, 7) is 0. The summed E-state index contributed by atoms with van der Waals surface area (Å²) in [7, 11) is 1.48. The zero-order valence-electron chi connectivity index (χ0n) is 10.2. The molecule has 0 saturated carbocycles. The Morgan fingerprint density at radius 1 is 1.16 bits per heavy atom. The monoisotopic (exact) mass is 262 g/mol. The lowest BCUT2D eigenvalue weighted by Gasteiger charge is -2.19. The van der Waals surface area contributed by atoms with E-state index in [4.69, 9.17) is 5.73 Å². The molecule has 0 fully saturated rings. The highest BCUT2D eigenvalue weighted by Gasteiger charge is 2.19. The van der Waals surface area contributed by atoms with E-state index in [1.165, 1.54) is 11.9 Å². The third-order valence-electron chi connectivity index (χ3n) is 2.76. The zero-order valence-corrected chi connectivity index (χ0v) is 10.2. The number of rotatable bonds is 2. The minimum atomic E-state index is -0.897. The highest BCUT2D eigenvalue weighted by Crippen LogP contribution is 2.23. The van der Waals surface area contributed by atoms with Gasteiger partial charge in [-0.15, -0.1) is 0 Å². The largest absolute Gasteiger partial charge is 0.397 e. The minimum Gasteiger partial charge on any atom is -0.397 e. The molecule has 2 aromatic rings. The van der Waals surface area contributed by atoms with E-state index < -0.39 is 17.5 Å². The van der Waals surface area contributed by atoms with Gasteiger partial charge in [-0.3, -0.25) is 4.79 Å². The molecule has 2 aromatic carbocycles. The Bertz CT molecular complexity index is 629. The van der Waals surface area contributed by atoms with Crippen LogP contribution in [0.5, 0.6) is 0 Å². The topological polar surface area (TPSA) is 46.3 Å². The number of carbonyl (C=O) groups excluding carboxylic acids is 1. The van der Waals surface area contributed by atoms with E-state index in [0.29, 0.717) is 17.4 Å². The van der Waals surface area contributed by atoms with Crippen molar-refractivity contribution in [1.82, 2.24) is 0 Å². The van der Waals surface area contributed by atoms with E-state index in [0.717, 1.165) is 12.1 Å². The van der Waals surface area contributed by atoms with Crippen molar-refractivity contribution in [2.45, 2.75) is 0 Å². The molecule has 98 valence electrons. The smallest absolute Gasteiger partial charge is 0.261 e. The molecule has 0 aromatic heterocycles. The predicted octanol–water partition coefficient (Wildman–Crippen LogP) is 2.82. The molecule has 3 nitrogen and oxygen atoms in total. The van der Waals surface area contributed by atoms with Crippen molar-refractivity contribution >= 4 is 17.3 Å². The normalized spacial score (nSPS) is 10.3. The fraction of sp³-hybridized carbons (Fsp3) is 0.0714. The third kappa shape index (κ3) is 2.54. The summed E-state index contributed by atoms with van der Waals surface area (Å²) >= 11 is 0. The number of amides is 1. The number of anilines is 2. The molecule has 5 heteroatoms. The van der Waals surface area contributed by atoms with Crippen LogP contribution >= 0.6 is 0 Å². The highest BCUT2D eigenvalue weighted by molar-refractivity contribution is 6.07. The van der Waals surface area contributed by atoms with E-state index >= 15 is 0 Å². The van der Waals surface area contributed by atoms with Gasteiger partial charge in [-0.25, -0.2) is 8.78 Å². The van der Waals surface area contributed by atoms with E-state index in [2.05, 4.69) is 0 Å². The van der Waals surface area contributed by atoms with Gasteiger partial charge in [0.25, 0.3) is 5.91 Å². The summed E-state index contributed by atoms with van der Waals surface area (Å²) in [6, 6.07) is 9.57. The Labute approximate surface area is 109 Å². The lowest BCUT2D eigenvalue weighted by molar-refractivity contribution is 0.0989. The molecule has 0 radical (unpaired) electrons. The third-order valence-corrected chi connectivity index (χ3v) is 2.76. The van der Waals surface area contributed by atoms with E-state index in [1.54, 1.807) is 24.3 Å². The van der Waals surface area contributed by atoms with E-state index in [-0.39, 0.29) is 5.56 Å². The molecule has 2 N–H and O–H groups in total. The molecule has 2 rings (SSSR count).